The highest BCUT2D eigenvalue weighted by molar-refractivity contribution is 9.10. The minimum absolute atomic E-state index is 0.311. The van der Waals surface area contributed by atoms with E-state index in [1.54, 1.807) is 11.3 Å². The molecule has 21 heavy (non-hydrogen) atoms. The highest BCUT2D eigenvalue weighted by Crippen LogP contribution is 2.21. The summed E-state index contributed by atoms with van der Waals surface area (Å²) in [6, 6.07) is 9.99. The lowest BCUT2D eigenvalue weighted by Gasteiger charge is -2.18. The summed E-state index contributed by atoms with van der Waals surface area (Å²) in [5, 5.41) is 6.39. The Morgan fingerprint density at radius 1 is 1.33 bits per heavy atom. The van der Waals surface area contributed by atoms with Crippen LogP contribution in [0.5, 0.6) is 5.75 Å². The van der Waals surface area contributed by atoms with E-state index in [9.17, 15) is 0 Å². The molecule has 0 radical (unpaired) electrons. The number of halogens is 2. The number of hydrogen-bond donors (Lipinski definition) is 1. The largest absolute Gasteiger partial charge is 0.492 e. The van der Waals surface area contributed by atoms with Gasteiger partial charge in [0.1, 0.15) is 12.4 Å². The molecule has 1 atom stereocenters. The monoisotopic (exact) mass is 387 g/mol. The molecule has 5 heteroatoms. The van der Waals surface area contributed by atoms with Crippen molar-refractivity contribution in [3.05, 3.63) is 50.1 Å². The van der Waals surface area contributed by atoms with Crippen molar-refractivity contribution in [1.82, 2.24) is 5.32 Å². The molecule has 1 heterocycles. The Labute approximate surface area is 143 Å². The molecule has 0 saturated heterocycles. The van der Waals surface area contributed by atoms with Crippen LogP contribution in [0.3, 0.4) is 0 Å². The number of rotatable bonds is 8. The van der Waals surface area contributed by atoms with Crippen LogP contribution in [0.15, 0.2) is 40.2 Å². The van der Waals surface area contributed by atoms with E-state index in [1.807, 2.05) is 24.3 Å². The zero-order valence-corrected chi connectivity index (χ0v) is 15.1. The van der Waals surface area contributed by atoms with Gasteiger partial charge in [0.05, 0.1) is 0 Å². The summed E-state index contributed by atoms with van der Waals surface area (Å²) in [6.07, 6.45) is 2.09. The Balaban J connectivity index is 1.90. The fraction of sp³-hybridized carbons (Fsp3) is 0.375. The van der Waals surface area contributed by atoms with E-state index in [0.29, 0.717) is 12.6 Å². The summed E-state index contributed by atoms with van der Waals surface area (Å²) in [7, 11) is 0. The first-order chi connectivity index (χ1) is 10.2. The molecule has 0 aliphatic rings. The van der Waals surface area contributed by atoms with Crippen molar-refractivity contribution in [2.45, 2.75) is 25.8 Å². The molecule has 0 fully saturated rings. The van der Waals surface area contributed by atoms with Gasteiger partial charge in [0.25, 0.3) is 0 Å². The van der Waals surface area contributed by atoms with Crippen LogP contribution in [-0.4, -0.2) is 19.2 Å². The summed E-state index contributed by atoms with van der Waals surface area (Å²) >= 11 is 11.2. The highest BCUT2D eigenvalue weighted by atomic mass is 79.9. The lowest BCUT2D eigenvalue weighted by molar-refractivity contribution is 0.263. The molecule has 0 amide bonds. The summed E-state index contributed by atoms with van der Waals surface area (Å²) in [4.78, 5) is 1.36. The molecule has 0 aliphatic carbocycles. The number of ether oxygens (including phenoxy) is 1. The average molecular weight is 389 g/mol. The van der Waals surface area contributed by atoms with E-state index in [2.05, 4.69) is 39.6 Å². The topological polar surface area (TPSA) is 21.3 Å². The first kappa shape index (κ1) is 16.8. The Morgan fingerprint density at radius 3 is 2.71 bits per heavy atom. The summed E-state index contributed by atoms with van der Waals surface area (Å²) in [5.74, 6) is 0.857. The first-order valence-corrected chi connectivity index (χ1v) is 9.07. The van der Waals surface area contributed by atoms with Gasteiger partial charge in [0.2, 0.25) is 0 Å². The molecule has 1 unspecified atom stereocenters. The van der Waals surface area contributed by atoms with Crippen molar-refractivity contribution in [1.29, 1.82) is 0 Å². The average Bonchev–Trinajstić information content (AvgIpc) is 2.89. The van der Waals surface area contributed by atoms with Gasteiger partial charge in [-0.15, -0.1) is 11.3 Å². The van der Waals surface area contributed by atoms with Crippen LogP contribution in [0.2, 0.25) is 5.02 Å². The molecule has 0 saturated carbocycles. The quantitative estimate of drug-likeness (QED) is 0.675. The van der Waals surface area contributed by atoms with Crippen molar-refractivity contribution in [3.63, 3.8) is 0 Å². The second kappa shape index (κ2) is 8.79. The van der Waals surface area contributed by atoms with Crippen LogP contribution in [-0.2, 0) is 6.42 Å². The highest BCUT2D eigenvalue weighted by Gasteiger charge is 2.11. The van der Waals surface area contributed by atoms with Gasteiger partial charge in [0.15, 0.2) is 0 Å². The zero-order chi connectivity index (χ0) is 15.1. The summed E-state index contributed by atoms with van der Waals surface area (Å²) < 4.78 is 7.02. The predicted molar refractivity (Wildman–Crippen MR) is 94.8 cm³/mol. The molecular formula is C16H19BrClNOS. The van der Waals surface area contributed by atoms with Gasteiger partial charge in [0, 0.05) is 32.2 Å². The van der Waals surface area contributed by atoms with Crippen LogP contribution in [0.25, 0.3) is 0 Å². The van der Waals surface area contributed by atoms with E-state index >= 15 is 0 Å². The fourth-order valence-corrected chi connectivity index (χ4v) is 3.63. The Hall–Kier alpha value is -0.550. The molecule has 1 N–H and O–H groups in total. The third kappa shape index (κ3) is 5.99. The number of benzene rings is 1. The van der Waals surface area contributed by atoms with Gasteiger partial charge < -0.3 is 10.1 Å². The fourth-order valence-electron chi connectivity index (χ4n) is 1.97. The molecule has 0 aliphatic heterocycles. The lowest BCUT2D eigenvalue weighted by Crippen LogP contribution is -2.36. The van der Waals surface area contributed by atoms with Gasteiger partial charge >= 0.3 is 0 Å². The van der Waals surface area contributed by atoms with Crippen molar-refractivity contribution in [3.8, 4) is 5.75 Å². The van der Waals surface area contributed by atoms with Gasteiger partial charge in [-0.25, -0.2) is 0 Å². The van der Waals surface area contributed by atoms with E-state index in [1.165, 1.54) is 4.88 Å². The molecule has 2 rings (SSSR count). The van der Waals surface area contributed by atoms with Gasteiger partial charge in [-0.3, -0.25) is 0 Å². The van der Waals surface area contributed by atoms with Crippen molar-refractivity contribution < 1.29 is 4.74 Å². The Bertz CT molecular complexity index is 543. The predicted octanol–water partition coefficient (Wildman–Crippen LogP) is 5.15. The number of hydrogen-bond acceptors (Lipinski definition) is 3. The smallest absolute Gasteiger partial charge is 0.119 e. The van der Waals surface area contributed by atoms with Crippen LogP contribution in [0, 0.1) is 0 Å². The van der Waals surface area contributed by atoms with Crippen molar-refractivity contribution >= 4 is 38.9 Å². The molecule has 2 nitrogen and oxygen atoms in total. The van der Waals surface area contributed by atoms with E-state index in [-0.39, 0.29) is 0 Å². The van der Waals surface area contributed by atoms with E-state index in [0.717, 1.165) is 34.6 Å². The maximum absolute atomic E-state index is 5.88. The van der Waals surface area contributed by atoms with Gasteiger partial charge in [-0.1, -0.05) is 18.5 Å². The van der Waals surface area contributed by atoms with Crippen molar-refractivity contribution in [2.75, 3.05) is 13.2 Å². The van der Waals surface area contributed by atoms with Crippen molar-refractivity contribution in [2.24, 2.45) is 0 Å². The molecular weight excluding hydrogens is 370 g/mol. The second-order valence-electron chi connectivity index (χ2n) is 4.85. The standard InChI is InChI=1S/C16H19BrClNOS/c1-2-7-19-14(9-16-8-12(17)11-21-16)10-20-15-5-3-13(18)4-6-15/h3-6,8,11,14,19H,2,7,9-10H2,1H3. The molecule has 0 bridgehead atoms. The van der Waals surface area contributed by atoms with Gasteiger partial charge in [-0.05, 0) is 59.2 Å². The lowest BCUT2D eigenvalue weighted by atomic mass is 10.2. The molecule has 2 aromatic rings. The third-order valence-corrected chi connectivity index (χ3v) is 4.99. The summed E-state index contributed by atoms with van der Waals surface area (Å²) in [6.45, 7) is 3.82. The Morgan fingerprint density at radius 2 is 2.10 bits per heavy atom. The molecule has 1 aromatic heterocycles. The normalized spacial score (nSPS) is 12.3. The zero-order valence-electron chi connectivity index (χ0n) is 11.9. The first-order valence-electron chi connectivity index (χ1n) is 7.02. The van der Waals surface area contributed by atoms with Crippen LogP contribution >= 0.6 is 38.9 Å². The molecule has 0 spiro atoms. The molecule has 114 valence electrons. The number of nitrogens with one attached hydrogen (secondary N) is 1. The van der Waals surface area contributed by atoms with Gasteiger partial charge in [-0.2, -0.15) is 0 Å². The van der Waals surface area contributed by atoms with Crippen LogP contribution in [0.4, 0.5) is 0 Å². The van der Waals surface area contributed by atoms with E-state index < -0.39 is 0 Å². The second-order valence-corrected chi connectivity index (χ2v) is 7.20. The van der Waals surface area contributed by atoms with E-state index in [4.69, 9.17) is 16.3 Å². The van der Waals surface area contributed by atoms with Crippen LogP contribution < -0.4 is 10.1 Å². The minimum atomic E-state index is 0.311. The van der Waals surface area contributed by atoms with Crippen LogP contribution in [0.1, 0.15) is 18.2 Å². The minimum Gasteiger partial charge on any atom is -0.492 e. The SMILES string of the molecule is CCCNC(COc1ccc(Cl)cc1)Cc1cc(Br)cs1. The maximum Gasteiger partial charge on any atom is 0.119 e. The number of thiophene rings is 1. The maximum atomic E-state index is 5.88. The summed E-state index contributed by atoms with van der Waals surface area (Å²) in [5.41, 5.74) is 0. The third-order valence-electron chi connectivity index (χ3n) is 3.02. The molecule has 1 aromatic carbocycles. The Kier molecular flexibility index (Phi) is 7.04.